The Balaban J connectivity index is 2.00. The van der Waals surface area contributed by atoms with Crippen molar-refractivity contribution in [1.82, 2.24) is 9.80 Å². The highest BCUT2D eigenvalue weighted by Crippen LogP contribution is 2.25. The highest BCUT2D eigenvalue weighted by Gasteiger charge is 2.26. The number of amides is 1. The van der Waals surface area contributed by atoms with Crippen LogP contribution in [0.1, 0.15) is 31.2 Å². The Morgan fingerprint density at radius 2 is 2.09 bits per heavy atom. The molecule has 2 atom stereocenters. The zero-order chi connectivity index (χ0) is 16.1. The first-order valence-electron chi connectivity index (χ1n) is 8.12. The second kappa shape index (κ2) is 7.63. The molecule has 22 heavy (non-hydrogen) atoms. The summed E-state index contributed by atoms with van der Waals surface area (Å²) in [5.74, 6) is 1.60. The van der Waals surface area contributed by atoms with E-state index < -0.39 is 0 Å². The van der Waals surface area contributed by atoms with Crippen molar-refractivity contribution in [1.29, 1.82) is 0 Å². The maximum absolute atomic E-state index is 12.8. The SMILES string of the molecule is CC[C@H](C(=O)N(C)C[C@@H]1CCN(C)C1)c1ccc(OC)cc1. The van der Waals surface area contributed by atoms with Crippen molar-refractivity contribution in [2.24, 2.45) is 5.92 Å². The quantitative estimate of drug-likeness (QED) is 0.810. The lowest BCUT2D eigenvalue weighted by atomic mass is 9.94. The van der Waals surface area contributed by atoms with E-state index in [1.54, 1.807) is 7.11 Å². The van der Waals surface area contributed by atoms with Crippen molar-refractivity contribution in [3.8, 4) is 5.75 Å². The van der Waals surface area contributed by atoms with Crippen LogP contribution in [0.25, 0.3) is 0 Å². The number of benzene rings is 1. The Labute approximate surface area is 134 Å². The third-order valence-corrected chi connectivity index (χ3v) is 4.62. The van der Waals surface area contributed by atoms with Crippen LogP contribution in [0.15, 0.2) is 24.3 Å². The van der Waals surface area contributed by atoms with E-state index in [1.165, 1.54) is 6.42 Å². The molecule has 1 aliphatic rings. The third kappa shape index (κ3) is 4.01. The van der Waals surface area contributed by atoms with Crippen LogP contribution in [0, 0.1) is 5.92 Å². The number of rotatable bonds is 6. The van der Waals surface area contributed by atoms with Crippen molar-refractivity contribution in [2.75, 3.05) is 40.8 Å². The van der Waals surface area contributed by atoms with Gasteiger partial charge in [0.25, 0.3) is 0 Å². The first-order valence-corrected chi connectivity index (χ1v) is 8.12. The summed E-state index contributed by atoms with van der Waals surface area (Å²) < 4.78 is 5.19. The van der Waals surface area contributed by atoms with Gasteiger partial charge in [-0.3, -0.25) is 4.79 Å². The number of carbonyl (C=O) groups is 1. The van der Waals surface area contributed by atoms with E-state index in [-0.39, 0.29) is 11.8 Å². The van der Waals surface area contributed by atoms with E-state index >= 15 is 0 Å². The van der Waals surface area contributed by atoms with Gasteiger partial charge in [-0.2, -0.15) is 0 Å². The van der Waals surface area contributed by atoms with Crippen LogP contribution in [0.4, 0.5) is 0 Å². The van der Waals surface area contributed by atoms with Crippen molar-refractivity contribution in [3.63, 3.8) is 0 Å². The van der Waals surface area contributed by atoms with Crippen molar-refractivity contribution >= 4 is 5.91 Å². The van der Waals surface area contributed by atoms with E-state index in [0.717, 1.165) is 37.4 Å². The predicted octanol–water partition coefficient (Wildman–Crippen LogP) is 2.60. The topological polar surface area (TPSA) is 32.8 Å². The molecule has 0 aromatic heterocycles. The summed E-state index contributed by atoms with van der Waals surface area (Å²) in [5, 5.41) is 0. The highest BCUT2D eigenvalue weighted by molar-refractivity contribution is 5.83. The molecule has 0 spiro atoms. The fraction of sp³-hybridized carbons (Fsp3) is 0.611. The standard InChI is InChI=1S/C18H28N2O2/c1-5-17(15-6-8-16(22-4)9-7-15)18(21)20(3)13-14-10-11-19(2)12-14/h6-9,14,17H,5,10-13H2,1-4H3/t14-,17+/m1/s1. The molecular weight excluding hydrogens is 276 g/mol. The number of nitrogens with zero attached hydrogens (tertiary/aromatic N) is 2. The molecule has 1 aliphatic heterocycles. The molecule has 0 aliphatic carbocycles. The number of hydrogen-bond acceptors (Lipinski definition) is 3. The second-order valence-corrected chi connectivity index (χ2v) is 6.37. The van der Waals surface area contributed by atoms with Gasteiger partial charge in [0.05, 0.1) is 13.0 Å². The zero-order valence-corrected chi connectivity index (χ0v) is 14.2. The fourth-order valence-corrected chi connectivity index (χ4v) is 3.31. The molecule has 0 bridgehead atoms. The van der Waals surface area contributed by atoms with Gasteiger partial charge in [-0.25, -0.2) is 0 Å². The number of ether oxygens (including phenoxy) is 1. The van der Waals surface area contributed by atoms with E-state index in [1.807, 2.05) is 36.2 Å². The molecule has 1 heterocycles. The molecule has 122 valence electrons. The average molecular weight is 304 g/mol. The third-order valence-electron chi connectivity index (χ3n) is 4.62. The van der Waals surface area contributed by atoms with Gasteiger partial charge >= 0.3 is 0 Å². The van der Waals surface area contributed by atoms with Gasteiger partial charge in [-0.1, -0.05) is 19.1 Å². The molecule has 4 heteroatoms. The predicted molar refractivity (Wildman–Crippen MR) is 89.3 cm³/mol. The highest BCUT2D eigenvalue weighted by atomic mass is 16.5. The Kier molecular flexibility index (Phi) is 5.83. The van der Waals surface area contributed by atoms with Gasteiger partial charge in [-0.05, 0) is 50.0 Å². The van der Waals surface area contributed by atoms with Gasteiger partial charge in [0.2, 0.25) is 5.91 Å². The Hall–Kier alpha value is -1.55. The summed E-state index contributed by atoms with van der Waals surface area (Å²) >= 11 is 0. The van der Waals surface area contributed by atoms with Gasteiger partial charge in [0, 0.05) is 20.1 Å². The van der Waals surface area contributed by atoms with Crippen LogP contribution < -0.4 is 4.74 Å². The van der Waals surface area contributed by atoms with E-state index in [2.05, 4.69) is 18.9 Å². The number of hydrogen-bond donors (Lipinski definition) is 0. The largest absolute Gasteiger partial charge is 0.497 e. The van der Waals surface area contributed by atoms with Gasteiger partial charge < -0.3 is 14.5 Å². The minimum atomic E-state index is -0.0601. The molecule has 1 saturated heterocycles. The van der Waals surface area contributed by atoms with Gasteiger partial charge in [-0.15, -0.1) is 0 Å². The summed E-state index contributed by atoms with van der Waals surface area (Å²) in [6.45, 7) is 5.17. The lowest BCUT2D eigenvalue weighted by Crippen LogP contribution is -2.36. The maximum Gasteiger partial charge on any atom is 0.229 e. The van der Waals surface area contributed by atoms with E-state index in [4.69, 9.17) is 4.74 Å². The number of carbonyl (C=O) groups excluding carboxylic acids is 1. The molecule has 0 unspecified atom stereocenters. The van der Waals surface area contributed by atoms with Crippen LogP contribution >= 0.6 is 0 Å². The van der Waals surface area contributed by atoms with Crippen LogP contribution in [-0.2, 0) is 4.79 Å². The maximum atomic E-state index is 12.8. The van der Waals surface area contributed by atoms with E-state index in [0.29, 0.717) is 5.92 Å². The molecule has 1 amide bonds. The van der Waals surface area contributed by atoms with Crippen LogP contribution in [0.3, 0.4) is 0 Å². The Morgan fingerprint density at radius 1 is 1.41 bits per heavy atom. The normalized spacial score (nSPS) is 19.9. The van der Waals surface area contributed by atoms with Crippen molar-refractivity contribution in [3.05, 3.63) is 29.8 Å². The lowest BCUT2D eigenvalue weighted by molar-refractivity contribution is -0.132. The number of likely N-dealkylation sites (tertiary alicyclic amines) is 1. The Morgan fingerprint density at radius 3 is 2.59 bits per heavy atom. The molecule has 0 N–H and O–H groups in total. The zero-order valence-electron chi connectivity index (χ0n) is 14.2. The van der Waals surface area contributed by atoms with Crippen molar-refractivity contribution in [2.45, 2.75) is 25.7 Å². The second-order valence-electron chi connectivity index (χ2n) is 6.37. The average Bonchev–Trinajstić information content (AvgIpc) is 2.93. The summed E-state index contributed by atoms with van der Waals surface area (Å²) in [6, 6.07) is 7.86. The summed E-state index contributed by atoms with van der Waals surface area (Å²) in [4.78, 5) is 17.0. The lowest BCUT2D eigenvalue weighted by Gasteiger charge is -2.26. The molecule has 4 nitrogen and oxygen atoms in total. The summed E-state index contributed by atoms with van der Waals surface area (Å²) in [6.07, 6.45) is 2.01. The molecule has 0 saturated carbocycles. The van der Waals surface area contributed by atoms with Gasteiger partial charge in [0.1, 0.15) is 5.75 Å². The first-order chi connectivity index (χ1) is 10.5. The molecular formula is C18H28N2O2. The number of methoxy groups -OCH3 is 1. The summed E-state index contributed by atoms with van der Waals surface area (Å²) in [5.41, 5.74) is 1.07. The molecule has 2 rings (SSSR count). The molecule has 1 aromatic rings. The minimum absolute atomic E-state index is 0.0601. The molecule has 1 fully saturated rings. The monoisotopic (exact) mass is 304 g/mol. The molecule has 1 aromatic carbocycles. The minimum Gasteiger partial charge on any atom is -0.497 e. The first kappa shape index (κ1) is 16.8. The Bertz CT molecular complexity index is 486. The van der Waals surface area contributed by atoms with Gasteiger partial charge in [0.15, 0.2) is 0 Å². The fourth-order valence-electron chi connectivity index (χ4n) is 3.31. The summed E-state index contributed by atoms with van der Waals surface area (Å²) in [7, 11) is 5.74. The molecule has 0 radical (unpaired) electrons. The van der Waals surface area contributed by atoms with Crippen LogP contribution in [-0.4, -0.2) is 56.5 Å². The van der Waals surface area contributed by atoms with E-state index in [9.17, 15) is 4.79 Å². The number of likely N-dealkylation sites (N-methyl/N-ethyl adjacent to an activating group) is 1. The van der Waals surface area contributed by atoms with Crippen molar-refractivity contribution < 1.29 is 9.53 Å². The van der Waals surface area contributed by atoms with Crippen LogP contribution in [0.2, 0.25) is 0 Å². The van der Waals surface area contributed by atoms with Crippen LogP contribution in [0.5, 0.6) is 5.75 Å². The smallest absolute Gasteiger partial charge is 0.229 e.